The molecule has 1 aliphatic rings. The van der Waals surface area contributed by atoms with Crippen molar-refractivity contribution in [3.63, 3.8) is 0 Å². The minimum absolute atomic E-state index is 0.217. The molecule has 4 rings (SSSR count). The van der Waals surface area contributed by atoms with Gasteiger partial charge in [0.2, 0.25) is 6.79 Å². The second kappa shape index (κ2) is 7.51. The molecule has 0 saturated heterocycles. The summed E-state index contributed by atoms with van der Waals surface area (Å²) in [6.45, 7) is 0.561. The van der Waals surface area contributed by atoms with E-state index >= 15 is 0 Å². The molecule has 8 heteroatoms. The number of fused-ring (bicyclic) bond motifs is 1. The number of hydrogen-bond donors (Lipinski definition) is 2. The van der Waals surface area contributed by atoms with Crippen molar-refractivity contribution >= 4 is 29.0 Å². The van der Waals surface area contributed by atoms with Crippen LogP contribution in [-0.4, -0.2) is 22.7 Å². The maximum atomic E-state index is 12.4. The minimum atomic E-state index is -0.302. The SMILES string of the molecule is O=C(NCc1ccc2c(c1)OCO2)c1cc(Nc2cccc(Cl)c2)ncn1. The number of aromatic nitrogens is 2. The summed E-state index contributed by atoms with van der Waals surface area (Å²) in [5.74, 6) is 1.58. The molecule has 1 aromatic heterocycles. The molecule has 0 radical (unpaired) electrons. The van der Waals surface area contributed by atoms with Crippen LogP contribution >= 0.6 is 11.6 Å². The molecule has 0 bridgehead atoms. The Kier molecular flexibility index (Phi) is 4.76. The van der Waals surface area contributed by atoms with Crippen molar-refractivity contribution in [2.75, 3.05) is 12.1 Å². The first kappa shape index (κ1) is 17.1. The number of nitrogens with one attached hydrogen (secondary N) is 2. The first-order valence-electron chi connectivity index (χ1n) is 8.19. The number of carbonyl (C=O) groups excluding carboxylic acids is 1. The molecular formula is C19H15ClN4O3. The van der Waals surface area contributed by atoms with Gasteiger partial charge in [0.25, 0.3) is 5.91 Å². The predicted octanol–water partition coefficient (Wildman–Crippen LogP) is 3.53. The van der Waals surface area contributed by atoms with Crippen molar-refractivity contribution < 1.29 is 14.3 Å². The molecule has 27 heavy (non-hydrogen) atoms. The molecule has 0 unspecified atom stereocenters. The Bertz CT molecular complexity index is 996. The van der Waals surface area contributed by atoms with Crippen LogP contribution in [0.15, 0.2) is 54.9 Å². The lowest BCUT2D eigenvalue weighted by Crippen LogP contribution is -2.24. The third-order valence-electron chi connectivity index (χ3n) is 3.89. The third kappa shape index (κ3) is 4.09. The molecule has 0 fully saturated rings. The normalized spacial score (nSPS) is 11.9. The monoisotopic (exact) mass is 382 g/mol. The maximum Gasteiger partial charge on any atom is 0.270 e. The number of anilines is 2. The number of rotatable bonds is 5. The summed E-state index contributed by atoms with van der Waals surface area (Å²) >= 11 is 5.97. The van der Waals surface area contributed by atoms with Gasteiger partial charge in [0.05, 0.1) is 0 Å². The van der Waals surface area contributed by atoms with Gasteiger partial charge in [-0.15, -0.1) is 0 Å². The minimum Gasteiger partial charge on any atom is -0.454 e. The van der Waals surface area contributed by atoms with E-state index in [0.717, 1.165) is 11.3 Å². The molecule has 7 nitrogen and oxygen atoms in total. The summed E-state index contributed by atoms with van der Waals surface area (Å²) in [6, 6.07) is 14.3. The van der Waals surface area contributed by atoms with Crippen LogP contribution in [0.1, 0.15) is 16.1 Å². The molecule has 0 saturated carbocycles. The molecule has 2 heterocycles. The number of halogens is 1. The number of amides is 1. The number of hydrogen-bond acceptors (Lipinski definition) is 6. The molecule has 2 N–H and O–H groups in total. The zero-order chi connectivity index (χ0) is 18.6. The second-order valence-electron chi connectivity index (χ2n) is 5.79. The van der Waals surface area contributed by atoms with Crippen molar-refractivity contribution in [2.45, 2.75) is 6.54 Å². The fourth-order valence-electron chi connectivity index (χ4n) is 2.59. The van der Waals surface area contributed by atoms with E-state index in [1.807, 2.05) is 30.3 Å². The van der Waals surface area contributed by atoms with Crippen LogP contribution < -0.4 is 20.1 Å². The molecule has 0 atom stereocenters. The molecule has 0 aliphatic carbocycles. The van der Waals surface area contributed by atoms with E-state index in [1.165, 1.54) is 6.33 Å². The van der Waals surface area contributed by atoms with Crippen LogP contribution in [0, 0.1) is 0 Å². The van der Waals surface area contributed by atoms with Gasteiger partial charge in [-0.05, 0) is 35.9 Å². The fraction of sp³-hybridized carbons (Fsp3) is 0.105. The average Bonchev–Trinajstić information content (AvgIpc) is 3.14. The highest BCUT2D eigenvalue weighted by molar-refractivity contribution is 6.30. The summed E-state index contributed by atoms with van der Waals surface area (Å²) in [5, 5.41) is 6.54. The number of carbonyl (C=O) groups is 1. The van der Waals surface area contributed by atoms with Gasteiger partial charge in [-0.3, -0.25) is 4.79 Å². The van der Waals surface area contributed by atoms with Gasteiger partial charge in [0.15, 0.2) is 11.5 Å². The largest absolute Gasteiger partial charge is 0.454 e. The van der Waals surface area contributed by atoms with Gasteiger partial charge in [-0.25, -0.2) is 9.97 Å². The van der Waals surface area contributed by atoms with E-state index in [-0.39, 0.29) is 18.4 Å². The number of nitrogens with zero attached hydrogens (tertiary/aromatic N) is 2. The van der Waals surface area contributed by atoms with Crippen LogP contribution in [-0.2, 0) is 6.54 Å². The molecule has 2 aromatic carbocycles. The summed E-state index contributed by atoms with van der Waals surface area (Å²) in [7, 11) is 0. The summed E-state index contributed by atoms with van der Waals surface area (Å²) in [5.41, 5.74) is 1.93. The first-order valence-corrected chi connectivity index (χ1v) is 8.56. The van der Waals surface area contributed by atoms with Crippen molar-refractivity contribution in [1.82, 2.24) is 15.3 Å². The highest BCUT2D eigenvalue weighted by Crippen LogP contribution is 2.32. The lowest BCUT2D eigenvalue weighted by atomic mass is 10.2. The molecule has 136 valence electrons. The van der Waals surface area contributed by atoms with Crippen LogP contribution in [0.2, 0.25) is 5.02 Å². The Labute approximate surface area is 160 Å². The lowest BCUT2D eigenvalue weighted by molar-refractivity contribution is 0.0945. The Hall–Kier alpha value is -3.32. The smallest absolute Gasteiger partial charge is 0.270 e. The van der Waals surface area contributed by atoms with Crippen LogP contribution in [0.5, 0.6) is 11.5 Å². The van der Waals surface area contributed by atoms with Crippen molar-refractivity contribution in [3.8, 4) is 11.5 Å². The zero-order valence-corrected chi connectivity index (χ0v) is 14.9. The highest BCUT2D eigenvalue weighted by Gasteiger charge is 2.14. The van der Waals surface area contributed by atoms with Crippen molar-refractivity contribution in [1.29, 1.82) is 0 Å². The number of ether oxygens (including phenoxy) is 2. The van der Waals surface area contributed by atoms with Crippen LogP contribution in [0.4, 0.5) is 11.5 Å². The molecule has 1 amide bonds. The lowest BCUT2D eigenvalue weighted by Gasteiger charge is -2.08. The standard InChI is InChI=1S/C19H15ClN4O3/c20-13-2-1-3-14(7-13)24-18-8-15(22-10-23-18)19(25)21-9-12-4-5-16-17(6-12)27-11-26-16/h1-8,10H,9,11H2,(H,21,25)(H,22,23,24). The van der Waals surface area contributed by atoms with Gasteiger partial charge in [0, 0.05) is 23.3 Å². The summed E-state index contributed by atoms with van der Waals surface area (Å²) in [4.78, 5) is 20.6. The maximum absolute atomic E-state index is 12.4. The van der Waals surface area contributed by atoms with Crippen molar-refractivity contribution in [3.05, 3.63) is 71.1 Å². The summed E-state index contributed by atoms with van der Waals surface area (Å²) in [6.07, 6.45) is 1.34. The predicted molar refractivity (Wildman–Crippen MR) is 101 cm³/mol. The van der Waals surface area contributed by atoms with Crippen LogP contribution in [0.3, 0.4) is 0 Å². The quantitative estimate of drug-likeness (QED) is 0.702. The van der Waals surface area contributed by atoms with Crippen molar-refractivity contribution in [2.24, 2.45) is 0 Å². The molecule has 3 aromatic rings. The van der Waals surface area contributed by atoms with Gasteiger partial charge >= 0.3 is 0 Å². The number of benzene rings is 2. The Balaban J connectivity index is 1.41. The zero-order valence-electron chi connectivity index (χ0n) is 14.1. The second-order valence-corrected chi connectivity index (χ2v) is 6.23. The third-order valence-corrected chi connectivity index (χ3v) is 4.12. The topological polar surface area (TPSA) is 85.4 Å². The average molecular weight is 383 g/mol. The Morgan fingerprint density at radius 2 is 1.96 bits per heavy atom. The van der Waals surface area contributed by atoms with E-state index in [2.05, 4.69) is 20.6 Å². The Morgan fingerprint density at radius 3 is 2.85 bits per heavy atom. The first-order chi connectivity index (χ1) is 13.2. The Morgan fingerprint density at radius 1 is 1.07 bits per heavy atom. The molecule has 0 spiro atoms. The van der Waals surface area contributed by atoms with Gasteiger partial charge in [0.1, 0.15) is 17.8 Å². The van der Waals surface area contributed by atoms with Gasteiger partial charge in [-0.2, -0.15) is 0 Å². The van der Waals surface area contributed by atoms with Crippen LogP contribution in [0.25, 0.3) is 0 Å². The van der Waals surface area contributed by atoms with E-state index in [1.54, 1.807) is 18.2 Å². The van der Waals surface area contributed by atoms with Gasteiger partial charge in [-0.1, -0.05) is 23.7 Å². The van der Waals surface area contributed by atoms with Gasteiger partial charge < -0.3 is 20.1 Å². The van der Waals surface area contributed by atoms with E-state index in [9.17, 15) is 4.79 Å². The van der Waals surface area contributed by atoms with E-state index in [0.29, 0.717) is 28.9 Å². The summed E-state index contributed by atoms with van der Waals surface area (Å²) < 4.78 is 10.6. The molecule has 1 aliphatic heterocycles. The fourth-order valence-corrected chi connectivity index (χ4v) is 2.78. The van der Waals surface area contributed by atoms with E-state index in [4.69, 9.17) is 21.1 Å². The highest BCUT2D eigenvalue weighted by atomic mass is 35.5. The molecular weight excluding hydrogens is 368 g/mol. The van der Waals surface area contributed by atoms with E-state index < -0.39 is 0 Å².